The first kappa shape index (κ1) is 9.83. The molecule has 1 aromatic heterocycles. The highest BCUT2D eigenvalue weighted by atomic mass is 19.1. The van der Waals surface area contributed by atoms with Gasteiger partial charge < -0.3 is 4.90 Å². The molecule has 2 heterocycles. The van der Waals surface area contributed by atoms with E-state index in [-0.39, 0.29) is 11.5 Å². The van der Waals surface area contributed by atoms with Gasteiger partial charge in [-0.3, -0.25) is 9.78 Å². The van der Waals surface area contributed by atoms with Gasteiger partial charge in [0.1, 0.15) is 0 Å². The van der Waals surface area contributed by atoms with Gasteiger partial charge in [0.15, 0.2) is 5.82 Å². The van der Waals surface area contributed by atoms with Crippen molar-refractivity contribution in [2.24, 2.45) is 0 Å². The molecule has 0 atom stereocenters. The normalized spacial score (nSPS) is 15.4. The van der Waals surface area contributed by atoms with Crippen molar-refractivity contribution in [3.8, 4) is 0 Å². The lowest BCUT2D eigenvalue weighted by Gasteiger charge is -2.23. The van der Waals surface area contributed by atoms with Gasteiger partial charge in [0.05, 0.1) is 11.8 Å². The fourth-order valence-corrected chi connectivity index (χ4v) is 1.54. The summed E-state index contributed by atoms with van der Waals surface area (Å²) < 4.78 is 13.3. The Morgan fingerprint density at radius 3 is 3.00 bits per heavy atom. The first-order chi connectivity index (χ1) is 7.29. The third-order valence-electron chi connectivity index (χ3n) is 2.35. The molecule has 0 N–H and O–H groups in total. The molecule has 4 heteroatoms. The van der Waals surface area contributed by atoms with Crippen LogP contribution in [-0.2, 0) is 0 Å². The molecule has 0 saturated heterocycles. The van der Waals surface area contributed by atoms with Crippen LogP contribution in [0.15, 0.2) is 30.6 Å². The number of nitrogens with zero attached hydrogens (tertiary/aromatic N) is 2. The van der Waals surface area contributed by atoms with Crippen LogP contribution < -0.4 is 0 Å². The van der Waals surface area contributed by atoms with Gasteiger partial charge in [-0.2, -0.15) is 0 Å². The highest BCUT2D eigenvalue weighted by molar-refractivity contribution is 5.94. The fourth-order valence-electron chi connectivity index (χ4n) is 1.54. The molecule has 3 nitrogen and oxygen atoms in total. The van der Waals surface area contributed by atoms with E-state index in [4.69, 9.17) is 0 Å². The lowest BCUT2D eigenvalue weighted by molar-refractivity contribution is 0.0766. The quantitative estimate of drug-likeness (QED) is 0.654. The second kappa shape index (κ2) is 4.21. The van der Waals surface area contributed by atoms with E-state index in [2.05, 4.69) is 4.98 Å². The molecule has 15 heavy (non-hydrogen) atoms. The van der Waals surface area contributed by atoms with Gasteiger partial charge in [0.25, 0.3) is 5.91 Å². The molecule has 1 aliphatic rings. The molecule has 0 bridgehead atoms. The maximum absolute atomic E-state index is 13.3. The average Bonchev–Trinajstić information content (AvgIpc) is 2.30. The van der Waals surface area contributed by atoms with Crippen molar-refractivity contribution in [1.29, 1.82) is 0 Å². The summed E-state index contributed by atoms with van der Waals surface area (Å²) >= 11 is 0. The minimum absolute atomic E-state index is 0.0975. The summed E-state index contributed by atoms with van der Waals surface area (Å²) in [5.74, 6) is -0.823. The molecule has 0 radical (unpaired) electrons. The highest BCUT2D eigenvalue weighted by Crippen LogP contribution is 2.11. The van der Waals surface area contributed by atoms with E-state index in [1.54, 1.807) is 4.90 Å². The third kappa shape index (κ3) is 2.03. The van der Waals surface area contributed by atoms with Gasteiger partial charge in [0, 0.05) is 19.3 Å². The van der Waals surface area contributed by atoms with Crippen molar-refractivity contribution in [2.45, 2.75) is 6.42 Å². The van der Waals surface area contributed by atoms with Crippen LogP contribution in [-0.4, -0.2) is 28.9 Å². The van der Waals surface area contributed by atoms with Crippen molar-refractivity contribution < 1.29 is 9.18 Å². The Bertz CT molecular complexity index is 403. The summed E-state index contributed by atoms with van der Waals surface area (Å²) in [5, 5.41) is 0. The predicted octanol–water partition coefficient (Wildman–Crippen LogP) is 1.62. The van der Waals surface area contributed by atoms with Gasteiger partial charge >= 0.3 is 0 Å². The highest BCUT2D eigenvalue weighted by Gasteiger charge is 2.18. The van der Waals surface area contributed by atoms with Gasteiger partial charge in [-0.1, -0.05) is 12.2 Å². The monoisotopic (exact) mass is 206 g/mol. The average molecular weight is 206 g/mol. The molecule has 0 fully saturated rings. The molecule has 78 valence electrons. The van der Waals surface area contributed by atoms with Crippen molar-refractivity contribution in [3.05, 3.63) is 42.0 Å². The minimum Gasteiger partial charge on any atom is -0.335 e. The van der Waals surface area contributed by atoms with Crippen molar-refractivity contribution in [3.63, 3.8) is 0 Å². The van der Waals surface area contributed by atoms with Gasteiger partial charge in [-0.05, 0) is 12.5 Å². The Morgan fingerprint density at radius 2 is 2.33 bits per heavy atom. The van der Waals surface area contributed by atoms with E-state index >= 15 is 0 Å². The number of aromatic nitrogens is 1. The molecule has 0 spiro atoms. The summed E-state index contributed by atoms with van der Waals surface area (Å²) in [6, 6.07) is 1.41. The van der Waals surface area contributed by atoms with Crippen molar-refractivity contribution >= 4 is 5.91 Å². The summed E-state index contributed by atoms with van der Waals surface area (Å²) in [6.45, 7) is 1.21. The minimum atomic E-state index is -0.558. The van der Waals surface area contributed by atoms with Crippen LogP contribution in [0.4, 0.5) is 4.39 Å². The number of hydrogen-bond acceptors (Lipinski definition) is 2. The van der Waals surface area contributed by atoms with E-state index < -0.39 is 5.82 Å². The molecule has 1 amide bonds. The van der Waals surface area contributed by atoms with Gasteiger partial charge in [-0.25, -0.2) is 4.39 Å². The van der Waals surface area contributed by atoms with E-state index in [1.807, 2.05) is 12.2 Å². The Labute approximate surface area is 87.2 Å². The van der Waals surface area contributed by atoms with Crippen LogP contribution in [0.5, 0.6) is 0 Å². The summed E-state index contributed by atoms with van der Waals surface area (Å²) in [6.07, 6.45) is 7.26. The maximum atomic E-state index is 13.3. The van der Waals surface area contributed by atoms with Crippen LogP contribution >= 0.6 is 0 Å². The summed E-state index contributed by atoms with van der Waals surface area (Å²) in [7, 11) is 0. The number of hydrogen-bond donors (Lipinski definition) is 0. The first-order valence-electron chi connectivity index (χ1n) is 4.83. The molecule has 2 rings (SSSR count). The molecule has 0 aliphatic carbocycles. The van der Waals surface area contributed by atoms with E-state index in [0.717, 1.165) is 12.6 Å². The molecule has 1 aliphatic heterocycles. The number of carbonyl (C=O) groups is 1. The van der Waals surface area contributed by atoms with Gasteiger partial charge in [0.2, 0.25) is 0 Å². The Kier molecular flexibility index (Phi) is 2.76. The second-order valence-corrected chi connectivity index (χ2v) is 3.37. The Morgan fingerprint density at radius 1 is 1.47 bits per heavy atom. The predicted molar refractivity (Wildman–Crippen MR) is 53.9 cm³/mol. The van der Waals surface area contributed by atoms with Crippen molar-refractivity contribution in [1.82, 2.24) is 9.88 Å². The number of halogens is 1. The maximum Gasteiger partial charge on any atom is 0.257 e. The Balaban J connectivity index is 2.20. The van der Waals surface area contributed by atoms with Crippen LogP contribution in [0, 0.1) is 5.82 Å². The van der Waals surface area contributed by atoms with Crippen molar-refractivity contribution in [2.75, 3.05) is 13.1 Å². The molecule has 1 aromatic rings. The molecule has 0 unspecified atom stereocenters. The second-order valence-electron chi connectivity index (χ2n) is 3.37. The number of amides is 1. The van der Waals surface area contributed by atoms with Gasteiger partial charge in [-0.15, -0.1) is 0 Å². The van der Waals surface area contributed by atoms with Crippen LogP contribution in [0.2, 0.25) is 0 Å². The number of carbonyl (C=O) groups excluding carboxylic acids is 1. The van der Waals surface area contributed by atoms with E-state index in [9.17, 15) is 9.18 Å². The van der Waals surface area contributed by atoms with Crippen LogP contribution in [0.25, 0.3) is 0 Å². The number of rotatable bonds is 1. The molecule has 0 saturated carbocycles. The fraction of sp³-hybridized carbons (Fsp3) is 0.273. The standard InChI is InChI=1S/C11H11FN2O/c12-10-8-13-5-4-9(10)11(15)14-6-2-1-3-7-14/h1-2,4-5,8H,3,6-7H2. The van der Waals surface area contributed by atoms with Crippen LogP contribution in [0.1, 0.15) is 16.8 Å². The van der Waals surface area contributed by atoms with Crippen LogP contribution in [0.3, 0.4) is 0 Å². The zero-order valence-electron chi connectivity index (χ0n) is 8.19. The molecular weight excluding hydrogens is 195 g/mol. The lowest BCUT2D eigenvalue weighted by Crippen LogP contribution is -2.34. The largest absolute Gasteiger partial charge is 0.335 e. The number of pyridine rings is 1. The van der Waals surface area contributed by atoms with E-state index in [1.165, 1.54) is 12.3 Å². The zero-order chi connectivity index (χ0) is 10.7. The van der Waals surface area contributed by atoms with E-state index in [0.29, 0.717) is 13.1 Å². The molecule has 0 aromatic carbocycles. The SMILES string of the molecule is O=C(c1ccncc1F)N1CC=CCC1. The summed E-state index contributed by atoms with van der Waals surface area (Å²) in [5.41, 5.74) is 0.0975. The first-order valence-corrected chi connectivity index (χ1v) is 4.83. The lowest BCUT2D eigenvalue weighted by atomic mass is 10.2. The zero-order valence-corrected chi connectivity index (χ0v) is 8.19. The third-order valence-corrected chi connectivity index (χ3v) is 2.35. The Hall–Kier alpha value is -1.71. The smallest absolute Gasteiger partial charge is 0.257 e. The topological polar surface area (TPSA) is 33.2 Å². The summed E-state index contributed by atoms with van der Waals surface area (Å²) in [4.78, 5) is 17.1. The molecular formula is C11H11FN2O.